The van der Waals surface area contributed by atoms with E-state index in [1.807, 2.05) is 12.4 Å². The first-order chi connectivity index (χ1) is 16.7. The van der Waals surface area contributed by atoms with Crippen molar-refractivity contribution in [1.29, 1.82) is 0 Å². The van der Waals surface area contributed by atoms with Gasteiger partial charge in [0.05, 0.1) is 16.7 Å². The number of para-hydroxylation sites is 1. The lowest BCUT2D eigenvalue weighted by Crippen LogP contribution is -2.29. The summed E-state index contributed by atoms with van der Waals surface area (Å²) in [6, 6.07) is 15.0. The molecule has 1 saturated heterocycles. The van der Waals surface area contributed by atoms with Crippen molar-refractivity contribution in [3.05, 3.63) is 60.4 Å². The number of benzene rings is 2. The van der Waals surface area contributed by atoms with Gasteiger partial charge in [0.2, 0.25) is 0 Å². The Labute approximate surface area is 198 Å². The van der Waals surface area contributed by atoms with Crippen molar-refractivity contribution in [1.82, 2.24) is 30.0 Å². The maximum Gasteiger partial charge on any atom is 0.159 e. The molecule has 3 aromatic heterocycles. The van der Waals surface area contributed by atoms with E-state index in [4.69, 9.17) is 4.98 Å². The highest BCUT2D eigenvalue weighted by molar-refractivity contribution is 5.97. The fraction of sp³-hybridized carbons (Fsp3) is 0.296. The van der Waals surface area contributed by atoms with Gasteiger partial charge in [-0.05, 0) is 74.8 Å². The van der Waals surface area contributed by atoms with Gasteiger partial charge in [-0.15, -0.1) is 0 Å². The zero-order chi connectivity index (χ0) is 23.1. The summed E-state index contributed by atoms with van der Waals surface area (Å²) in [6.45, 7) is 3.05. The molecule has 34 heavy (non-hydrogen) atoms. The maximum atomic E-state index is 5.03. The minimum atomic E-state index is 0.794. The minimum absolute atomic E-state index is 0.794. The van der Waals surface area contributed by atoms with E-state index in [9.17, 15) is 0 Å². The highest BCUT2D eigenvalue weighted by Crippen LogP contribution is 2.33. The molecule has 0 amide bonds. The van der Waals surface area contributed by atoms with Gasteiger partial charge >= 0.3 is 0 Å². The van der Waals surface area contributed by atoms with Crippen LogP contribution < -0.4 is 4.90 Å². The first-order valence-electron chi connectivity index (χ1n) is 12.0. The molecule has 0 radical (unpaired) electrons. The summed E-state index contributed by atoms with van der Waals surface area (Å²) in [5.74, 6) is 0.794. The summed E-state index contributed by atoms with van der Waals surface area (Å²) >= 11 is 0. The van der Waals surface area contributed by atoms with Crippen LogP contribution in [0.15, 0.2) is 54.9 Å². The Hall–Kier alpha value is -3.71. The lowest BCUT2D eigenvalue weighted by atomic mass is 10.0. The summed E-state index contributed by atoms with van der Waals surface area (Å²) in [5.41, 5.74) is 8.53. The predicted molar refractivity (Wildman–Crippen MR) is 138 cm³/mol. The van der Waals surface area contributed by atoms with Crippen LogP contribution in [0.2, 0.25) is 0 Å². The third kappa shape index (κ3) is 3.82. The maximum absolute atomic E-state index is 5.03. The zero-order valence-electron chi connectivity index (χ0n) is 19.7. The third-order valence-electron chi connectivity index (χ3n) is 6.60. The highest BCUT2D eigenvalue weighted by atomic mass is 15.2. The molecule has 172 valence electrons. The summed E-state index contributed by atoms with van der Waals surface area (Å²) in [6.07, 6.45) is 7.65. The lowest BCUT2D eigenvalue weighted by molar-refractivity contribution is 0.402. The van der Waals surface area contributed by atoms with Crippen molar-refractivity contribution in [2.75, 3.05) is 32.1 Å². The van der Waals surface area contributed by atoms with Gasteiger partial charge in [-0.2, -0.15) is 5.10 Å². The first-order valence-corrected chi connectivity index (χ1v) is 12.0. The van der Waals surface area contributed by atoms with E-state index >= 15 is 0 Å². The monoisotopic (exact) mass is 451 g/mol. The van der Waals surface area contributed by atoms with Crippen molar-refractivity contribution >= 4 is 27.6 Å². The molecule has 2 N–H and O–H groups in total. The molecule has 4 heterocycles. The van der Waals surface area contributed by atoms with E-state index < -0.39 is 0 Å². The molecular weight excluding hydrogens is 422 g/mol. The molecule has 0 bridgehead atoms. The quantitative estimate of drug-likeness (QED) is 0.383. The Morgan fingerprint density at radius 2 is 1.82 bits per heavy atom. The second-order valence-electron chi connectivity index (χ2n) is 9.46. The van der Waals surface area contributed by atoms with Crippen LogP contribution in [-0.4, -0.2) is 57.2 Å². The van der Waals surface area contributed by atoms with Crippen LogP contribution in [0, 0.1) is 0 Å². The zero-order valence-corrected chi connectivity index (χ0v) is 19.7. The third-order valence-corrected chi connectivity index (χ3v) is 6.60. The Balaban J connectivity index is 1.41. The molecule has 0 atom stereocenters. The van der Waals surface area contributed by atoms with Gasteiger partial charge in [-0.25, -0.2) is 4.98 Å². The largest absolute Gasteiger partial charge is 0.370 e. The topological polar surface area (TPSA) is 76.7 Å². The number of anilines is 1. The van der Waals surface area contributed by atoms with Crippen LogP contribution >= 0.6 is 0 Å². The molecule has 7 heteroatoms. The number of hydrogen-bond acceptors (Lipinski definition) is 5. The van der Waals surface area contributed by atoms with E-state index in [0.717, 1.165) is 64.2 Å². The first kappa shape index (κ1) is 20.9. The molecule has 5 aromatic rings. The van der Waals surface area contributed by atoms with Crippen LogP contribution in [0.25, 0.3) is 44.6 Å². The average molecular weight is 452 g/mol. The lowest BCUT2D eigenvalue weighted by Gasteiger charge is -2.28. The van der Waals surface area contributed by atoms with Crippen molar-refractivity contribution in [3.63, 3.8) is 0 Å². The summed E-state index contributed by atoms with van der Waals surface area (Å²) < 4.78 is 0. The van der Waals surface area contributed by atoms with Gasteiger partial charge in [0.25, 0.3) is 0 Å². The van der Waals surface area contributed by atoms with Gasteiger partial charge in [0, 0.05) is 43.0 Å². The molecule has 1 aliphatic rings. The molecular formula is C27H29N7. The number of H-pyrrole nitrogens is 2. The molecule has 6 rings (SSSR count). The number of piperidine rings is 1. The summed E-state index contributed by atoms with van der Waals surface area (Å²) in [4.78, 5) is 17.6. The molecule has 0 unspecified atom stereocenters. The fourth-order valence-corrected chi connectivity index (χ4v) is 4.99. The van der Waals surface area contributed by atoms with E-state index in [1.54, 1.807) is 0 Å². The average Bonchev–Trinajstić information content (AvgIpc) is 3.48. The van der Waals surface area contributed by atoms with Crippen molar-refractivity contribution in [2.45, 2.75) is 25.8 Å². The molecule has 0 aliphatic carbocycles. The second-order valence-corrected chi connectivity index (χ2v) is 9.46. The van der Waals surface area contributed by atoms with Gasteiger partial charge < -0.3 is 14.8 Å². The number of aromatic amines is 2. The van der Waals surface area contributed by atoms with Crippen LogP contribution in [0.1, 0.15) is 24.8 Å². The normalized spacial score (nSPS) is 14.5. The smallest absolute Gasteiger partial charge is 0.159 e. The molecule has 0 spiro atoms. The Morgan fingerprint density at radius 1 is 0.941 bits per heavy atom. The molecule has 1 aliphatic heterocycles. The molecule has 7 nitrogen and oxygen atoms in total. The fourth-order valence-electron chi connectivity index (χ4n) is 4.99. The van der Waals surface area contributed by atoms with Crippen molar-refractivity contribution in [3.8, 4) is 22.6 Å². The number of aromatic nitrogens is 5. The summed E-state index contributed by atoms with van der Waals surface area (Å²) in [7, 11) is 4.14. The van der Waals surface area contributed by atoms with E-state index in [0.29, 0.717) is 0 Å². The number of nitrogens with zero attached hydrogens (tertiary/aromatic N) is 5. The number of imidazole rings is 1. The van der Waals surface area contributed by atoms with Gasteiger partial charge in [0.15, 0.2) is 5.82 Å². The second kappa shape index (κ2) is 8.57. The van der Waals surface area contributed by atoms with E-state index in [-0.39, 0.29) is 0 Å². The van der Waals surface area contributed by atoms with E-state index in [1.165, 1.54) is 30.5 Å². The summed E-state index contributed by atoms with van der Waals surface area (Å²) in [5, 5.41) is 8.87. The SMILES string of the molecule is CN(C)Cc1cncc(-c2ccc3[nH]nc(-c4nc5c(N6CCCCC6)cccc5[nH]4)c3c2)c1. The Kier molecular flexibility index (Phi) is 5.26. The minimum Gasteiger partial charge on any atom is -0.370 e. The van der Waals surface area contributed by atoms with Crippen molar-refractivity contribution in [2.24, 2.45) is 0 Å². The van der Waals surface area contributed by atoms with Crippen LogP contribution in [0.5, 0.6) is 0 Å². The number of rotatable bonds is 5. The molecule has 2 aromatic carbocycles. The van der Waals surface area contributed by atoms with Crippen LogP contribution in [0.3, 0.4) is 0 Å². The van der Waals surface area contributed by atoms with Crippen LogP contribution in [-0.2, 0) is 6.54 Å². The van der Waals surface area contributed by atoms with Gasteiger partial charge in [-0.1, -0.05) is 12.1 Å². The predicted octanol–water partition coefficient (Wildman–Crippen LogP) is 5.22. The van der Waals surface area contributed by atoms with Gasteiger partial charge in [-0.3, -0.25) is 10.1 Å². The Morgan fingerprint density at radius 3 is 2.68 bits per heavy atom. The molecule has 0 saturated carbocycles. The Bertz CT molecular complexity index is 1460. The number of fused-ring (bicyclic) bond motifs is 2. The van der Waals surface area contributed by atoms with Crippen molar-refractivity contribution < 1.29 is 0 Å². The molecule has 1 fully saturated rings. The number of nitrogens with one attached hydrogen (secondary N) is 2. The number of hydrogen-bond donors (Lipinski definition) is 2. The number of pyridine rings is 1. The van der Waals surface area contributed by atoms with E-state index in [2.05, 4.69) is 86.5 Å². The standard InChI is InChI=1S/C27H29N7/c1-33(2)17-18-13-20(16-28-15-18)19-9-10-22-21(14-19)25(32-31-22)27-29-23-7-6-8-24(26(23)30-27)34-11-4-3-5-12-34/h6-10,13-16H,3-5,11-12,17H2,1-2H3,(H,29,30)(H,31,32). The van der Waals surface area contributed by atoms with Crippen LogP contribution in [0.4, 0.5) is 5.69 Å². The highest BCUT2D eigenvalue weighted by Gasteiger charge is 2.18. The van der Waals surface area contributed by atoms with Gasteiger partial charge in [0.1, 0.15) is 11.2 Å².